The van der Waals surface area contributed by atoms with Gasteiger partial charge in [0.25, 0.3) is 5.91 Å². The molecule has 144 valence electrons. The van der Waals surface area contributed by atoms with Crippen LogP contribution in [0, 0.1) is 0 Å². The number of para-hydroxylation sites is 1. The second kappa shape index (κ2) is 11.4. The first-order chi connectivity index (χ1) is 13.1. The summed E-state index contributed by atoms with van der Waals surface area (Å²) in [5.41, 5.74) is 1.06. The van der Waals surface area contributed by atoms with Crippen LogP contribution in [0.2, 0.25) is 0 Å². The van der Waals surface area contributed by atoms with Crippen LogP contribution in [0.15, 0.2) is 53.0 Å². The fourth-order valence-corrected chi connectivity index (χ4v) is 2.77. The fourth-order valence-electron chi connectivity index (χ4n) is 2.37. The zero-order valence-corrected chi connectivity index (χ0v) is 17.0. The van der Waals surface area contributed by atoms with Crippen molar-refractivity contribution in [3.8, 4) is 5.75 Å². The Morgan fingerprint density at radius 1 is 1.00 bits per heavy atom. The molecule has 0 unspecified atom stereocenters. The van der Waals surface area contributed by atoms with Crippen LogP contribution < -0.4 is 10.1 Å². The second-order valence-electron chi connectivity index (χ2n) is 6.04. The maximum Gasteiger partial charge on any atom is 0.338 e. The summed E-state index contributed by atoms with van der Waals surface area (Å²) in [5, 5.41) is 2.73. The van der Waals surface area contributed by atoms with Gasteiger partial charge in [-0.1, -0.05) is 38.3 Å². The van der Waals surface area contributed by atoms with E-state index in [1.807, 2.05) is 18.2 Å². The monoisotopic (exact) mass is 433 g/mol. The summed E-state index contributed by atoms with van der Waals surface area (Å²) in [4.78, 5) is 24.0. The van der Waals surface area contributed by atoms with Crippen molar-refractivity contribution < 1.29 is 19.1 Å². The normalized spacial score (nSPS) is 10.3. The average molecular weight is 434 g/mol. The molecule has 0 aliphatic heterocycles. The third kappa shape index (κ3) is 7.43. The highest BCUT2D eigenvalue weighted by atomic mass is 79.9. The molecule has 2 aromatic carbocycles. The number of amides is 1. The molecule has 0 aromatic heterocycles. The van der Waals surface area contributed by atoms with Crippen molar-refractivity contribution in [1.82, 2.24) is 0 Å². The minimum Gasteiger partial charge on any atom is -0.483 e. The molecule has 0 spiro atoms. The largest absolute Gasteiger partial charge is 0.483 e. The molecule has 0 atom stereocenters. The van der Waals surface area contributed by atoms with Gasteiger partial charge in [-0.15, -0.1) is 0 Å². The maximum absolute atomic E-state index is 12.0. The van der Waals surface area contributed by atoms with Gasteiger partial charge in [0.2, 0.25) is 0 Å². The van der Waals surface area contributed by atoms with Gasteiger partial charge in [0.1, 0.15) is 5.75 Å². The van der Waals surface area contributed by atoms with E-state index in [0.717, 1.165) is 30.2 Å². The van der Waals surface area contributed by atoms with E-state index in [-0.39, 0.29) is 18.5 Å². The Hall–Kier alpha value is -2.34. The molecule has 2 aromatic rings. The molecule has 27 heavy (non-hydrogen) atoms. The van der Waals surface area contributed by atoms with Gasteiger partial charge in [0.05, 0.1) is 16.6 Å². The van der Waals surface area contributed by atoms with Gasteiger partial charge in [-0.2, -0.15) is 0 Å². The van der Waals surface area contributed by atoms with Crippen molar-refractivity contribution in [2.45, 2.75) is 32.6 Å². The van der Waals surface area contributed by atoms with E-state index in [9.17, 15) is 9.59 Å². The second-order valence-corrected chi connectivity index (χ2v) is 6.90. The summed E-state index contributed by atoms with van der Waals surface area (Å²) in [7, 11) is 0. The maximum atomic E-state index is 12.0. The predicted molar refractivity (Wildman–Crippen MR) is 109 cm³/mol. The topological polar surface area (TPSA) is 64.6 Å². The van der Waals surface area contributed by atoms with Gasteiger partial charge < -0.3 is 14.8 Å². The Bertz CT molecular complexity index is 746. The summed E-state index contributed by atoms with van der Waals surface area (Å²) in [6.45, 7) is 2.47. The molecule has 0 heterocycles. The molecule has 6 heteroatoms. The molecule has 1 N–H and O–H groups in total. The highest BCUT2D eigenvalue weighted by molar-refractivity contribution is 9.10. The van der Waals surface area contributed by atoms with Crippen LogP contribution in [-0.4, -0.2) is 25.1 Å². The van der Waals surface area contributed by atoms with Crippen LogP contribution in [0.25, 0.3) is 0 Å². The van der Waals surface area contributed by atoms with E-state index in [4.69, 9.17) is 9.47 Å². The van der Waals surface area contributed by atoms with Crippen molar-refractivity contribution >= 4 is 33.5 Å². The minimum atomic E-state index is -0.346. The van der Waals surface area contributed by atoms with Gasteiger partial charge in [0.15, 0.2) is 6.61 Å². The SMILES string of the molecule is CCCCCCOC(=O)c1ccc(NC(=O)COc2ccccc2Br)cc1. The number of nitrogens with one attached hydrogen (secondary N) is 1. The molecule has 1 amide bonds. The molecule has 5 nitrogen and oxygen atoms in total. The lowest BCUT2D eigenvalue weighted by molar-refractivity contribution is -0.118. The zero-order valence-electron chi connectivity index (χ0n) is 15.4. The first kappa shape index (κ1) is 21.0. The molecule has 0 saturated carbocycles. The van der Waals surface area contributed by atoms with Crippen molar-refractivity contribution in [1.29, 1.82) is 0 Å². The van der Waals surface area contributed by atoms with Crippen LogP contribution in [0.3, 0.4) is 0 Å². The molecule has 2 rings (SSSR count). The highest BCUT2D eigenvalue weighted by Crippen LogP contribution is 2.23. The molecule has 0 aliphatic rings. The van der Waals surface area contributed by atoms with Crippen molar-refractivity contribution in [3.63, 3.8) is 0 Å². The number of esters is 1. The number of benzene rings is 2. The number of hydrogen-bond donors (Lipinski definition) is 1. The van der Waals surface area contributed by atoms with E-state index >= 15 is 0 Å². The number of rotatable bonds is 10. The molecule has 0 aliphatic carbocycles. The van der Waals surface area contributed by atoms with Gasteiger partial charge in [0, 0.05) is 5.69 Å². The summed E-state index contributed by atoms with van der Waals surface area (Å²) in [6, 6.07) is 13.9. The first-order valence-corrected chi connectivity index (χ1v) is 9.84. The molecule has 0 radical (unpaired) electrons. The Kier molecular flexibility index (Phi) is 8.84. The van der Waals surface area contributed by atoms with Gasteiger partial charge in [-0.3, -0.25) is 4.79 Å². The number of halogens is 1. The molecular weight excluding hydrogens is 410 g/mol. The summed E-state index contributed by atoms with van der Waals surface area (Å²) in [6.07, 6.45) is 4.24. The van der Waals surface area contributed by atoms with Crippen LogP contribution in [0.1, 0.15) is 43.0 Å². The number of ether oxygens (including phenoxy) is 2. The number of hydrogen-bond acceptors (Lipinski definition) is 4. The third-order valence-corrected chi connectivity index (χ3v) is 4.49. The number of anilines is 1. The molecule has 0 fully saturated rings. The van der Waals surface area contributed by atoms with E-state index in [2.05, 4.69) is 28.2 Å². The molecule has 0 bridgehead atoms. The molecular formula is C21H24BrNO4. The van der Waals surface area contributed by atoms with E-state index in [1.54, 1.807) is 30.3 Å². The molecule has 0 saturated heterocycles. The zero-order chi connectivity index (χ0) is 19.5. The highest BCUT2D eigenvalue weighted by Gasteiger charge is 2.09. The Labute approximate surface area is 168 Å². The quantitative estimate of drug-likeness (QED) is 0.412. The summed E-state index contributed by atoms with van der Waals surface area (Å²) >= 11 is 3.36. The Morgan fingerprint density at radius 3 is 2.44 bits per heavy atom. The Morgan fingerprint density at radius 2 is 1.74 bits per heavy atom. The summed E-state index contributed by atoms with van der Waals surface area (Å²) < 4.78 is 11.5. The van der Waals surface area contributed by atoms with Crippen molar-refractivity contribution in [2.75, 3.05) is 18.5 Å². The third-order valence-electron chi connectivity index (χ3n) is 3.83. The fraction of sp³-hybridized carbons (Fsp3) is 0.333. The van der Waals surface area contributed by atoms with E-state index < -0.39 is 0 Å². The average Bonchev–Trinajstić information content (AvgIpc) is 2.67. The lowest BCUT2D eigenvalue weighted by Crippen LogP contribution is -2.20. The predicted octanol–water partition coefficient (Wildman–Crippen LogP) is 5.20. The number of carbonyl (C=O) groups excluding carboxylic acids is 2. The summed E-state index contributed by atoms with van der Waals surface area (Å²) in [5.74, 6) is -0.0247. The standard InChI is InChI=1S/C21H24BrNO4/c1-2-3-4-7-14-26-21(25)16-10-12-17(13-11-16)23-20(24)15-27-19-9-6-5-8-18(19)22/h5-6,8-13H,2-4,7,14-15H2,1H3,(H,23,24). The smallest absolute Gasteiger partial charge is 0.338 e. The van der Waals surface area contributed by atoms with Crippen LogP contribution >= 0.6 is 15.9 Å². The Balaban J connectivity index is 1.76. The van der Waals surface area contributed by atoms with E-state index in [1.165, 1.54) is 0 Å². The van der Waals surface area contributed by atoms with Crippen molar-refractivity contribution in [2.24, 2.45) is 0 Å². The van der Waals surface area contributed by atoms with Gasteiger partial charge in [-0.25, -0.2) is 4.79 Å². The number of carbonyl (C=O) groups is 2. The van der Waals surface area contributed by atoms with Crippen LogP contribution in [0.5, 0.6) is 5.75 Å². The lowest BCUT2D eigenvalue weighted by atomic mass is 10.2. The first-order valence-electron chi connectivity index (χ1n) is 9.04. The lowest BCUT2D eigenvalue weighted by Gasteiger charge is -2.09. The number of unbranched alkanes of at least 4 members (excludes halogenated alkanes) is 3. The van der Waals surface area contributed by atoms with E-state index in [0.29, 0.717) is 23.6 Å². The van der Waals surface area contributed by atoms with Crippen LogP contribution in [0.4, 0.5) is 5.69 Å². The van der Waals surface area contributed by atoms with Crippen molar-refractivity contribution in [3.05, 3.63) is 58.6 Å². The minimum absolute atomic E-state index is 0.107. The van der Waals surface area contributed by atoms with Crippen LogP contribution in [-0.2, 0) is 9.53 Å². The van der Waals surface area contributed by atoms with Gasteiger partial charge in [-0.05, 0) is 58.7 Å². The van der Waals surface area contributed by atoms with Gasteiger partial charge >= 0.3 is 5.97 Å².